The van der Waals surface area contributed by atoms with Crippen LogP contribution in [0.5, 0.6) is 0 Å². The van der Waals surface area contributed by atoms with Crippen molar-refractivity contribution in [2.75, 3.05) is 7.05 Å². The third-order valence-electron chi connectivity index (χ3n) is 3.19. The van der Waals surface area contributed by atoms with E-state index in [2.05, 4.69) is 5.32 Å². The summed E-state index contributed by atoms with van der Waals surface area (Å²) in [6.07, 6.45) is 3.01. The van der Waals surface area contributed by atoms with Gasteiger partial charge in [0.15, 0.2) is 5.78 Å². The quantitative estimate of drug-likeness (QED) is 0.398. The molecule has 6 nitrogen and oxygen atoms in total. The van der Waals surface area contributed by atoms with Crippen molar-refractivity contribution < 1.29 is 14.5 Å². The summed E-state index contributed by atoms with van der Waals surface area (Å²) in [5, 5.41) is 13.1. The summed E-state index contributed by atoms with van der Waals surface area (Å²) in [5.41, 5.74) is 1.61. The molecule has 0 aliphatic heterocycles. The van der Waals surface area contributed by atoms with Gasteiger partial charge in [0.25, 0.3) is 11.6 Å². The minimum atomic E-state index is -0.516. The van der Waals surface area contributed by atoms with Crippen LogP contribution in [-0.4, -0.2) is 23.7 Å². The van der Waals surface area contributed by atoms with Crippen molar-refractivity contribution in [2.45, 2.75) is 0 Å². The average molecular weight is 310 g/mol. The van der Waals surface area contributed by atoms with Crippen LogP contribution in [0.1, 0.15) is 26.3 Å². The number of benzene rings is 2. The van der Waals surface area contributed by atoms with Crippen molar-refractivity contribution in [2.24, 2.45) is 0 Å². The van der Waals surface area contributed by atoms with Gasteiger partial charge in [-0.15, -0.1) is 0 Å². The lowest BCUT2D eigenvalue weighted by Crippen LogP contribution is -2.17. The van der Waals surface area contributed by atoms with Gasteiger partial charge in [-0.25, -0.2) is 0 Å². The third kappa shape index (κ3) is 4.10. The number of nitrogens with zero attached hydrogens (tertiary/aromatic N) is 1. The number of rotatable bonds is 5. The Morgan fingerprint density at radius 3 is 2.09 bits per heavy atom. The lowest BCUT2D eigenvalue weighted by Gasteiger charge is -2.00. The highest BCUT2D eigenvalue weighted by Gasteiger charge is 2.07. The van der Waals surface area contributed by atoms with E-state index in [1.165, 1.54) is 30.3 Å². The zero-order valence-electron chi connectivity index (χ0n) is 12.4. The predicted octanol–water partition coefficient (Wildman–Crippen LogP) is 2.85. The standard InChI is InChI=1S/C17H14N2O4/c1-18-17(21)14-5-2-12(3-6-14)4-11-16(20)13-7-9-15(10-8-13)19(22)23/h2-11H,1H3,(H,18,21). The van der Waals surface area contributed by atoms with E-state index in [4.69, 9.17) is 0 Å². The van der Waals surface area contributed by atoms with Crippen LogP contribution in [0.15, 0.2) is 54.6 Å². The van der Waals surface area contributed by atoms with Crippen LogP contribution in [-0.2, 0) is 0 Å². The van der Waals surface area contributed by atoms with Crippen molar-refractivity contribution in [3.63, 3.8) is 0 Å². The van der Waals surface area contributed by atoms with Crippen molar-refractivity contribution in [1.82, 2.24) is 5.32 Å². The molecule has 0 saturated heterocycles. The average Bonchev–Trinajstić information content (AvgIpc) is 2.59. The topological polar surface area (TPSA) is 89.3 Å². The number of ketones is 1. The molecule has 0 saturated carbocycles. The molecule has 1 N–H and O–H groups in total. The van der Waals surface area contributed by atoms with Gasteiger partial charge in [-0.1, -0.05) is 18.2 Å². The van der Waals surface area contributed by atoms with Crippen molar-refractivity contribution in [3.8, 4) is 0 Å². The van der Waals surface area contributed by atoms with Gasteiger partial charge in [-0.05, 0) is 35.9 Å². The highest BCUT2D eigenvalue weighted by atomic mass is 16.6. The Morgan fingerprint density at radius 2 is 1.57 bits per heavy atom. The third-order valence-corrected chi connectivity index (χ3v) is 3.19. The highest BCUT2D eigenvalue weighted by Crippen LogP contribution is 2.13. The zero-order valence-corrected chi connectivity index (χ0v) is 12.4. The van der Waals surface area contributed by atoms with Crippen LogP contribution < -0.4 is 5.32 Å². The summed E-state index contributed by atoms with van der Waals surface area (Å²) >= 11 is 0. The molecule has 0 heterocycles. The van der Waals surface area contributed by atoms with Crippen LogP contribution in [0.25, 0.3) is 6.08 Å². The largest absolute Gasteiger partial charge is 0.355 e. The molecule has 0 bridgehead atoms. The number of nitro groups is 1. The summed E-state index contributed by atoms with van der Waals surface area (Å²) in [6.45, 7) is 0. The fourth-order valence-electron chi connectivity index (χ4n) is 1.91. The summed E-state index contributed by atoms with van der Waals surface area (Å²) in [7, 11) is 1.55. The number of hydrogen-bond acceptors (Lipinski definition) is 4. The van der Waals surface area contributed by atoms with E-state index in [0.717, 1.165) is 5.56 Å². The van der Waals surface area contributed by atoms with Crippen molar-refractivity contribution in [1.29, 1.82) is 0 Å². The first-order valence-electron chi connectivity index (χ1n) is 6.80. The maximum atomic E-state index is 12.0. The molecule has 0 atom stereocenters. The second-order valence-electron chi connectivity index (χ2n) is 4.70. The Balaban J connectivity index is 2.08. The first kappa shape index (κ1) is 16.1. The van der Waals surface area contributed by atoms with E-state index in [0.29, 0.717) is 11.1 Å². The van der Waals surface area contributed by atoms with Crippen molar-refractivity contribution >= 4 is 23.5 Å². The van der Waals surface area contributed by atoms with Crippen LogP contribution in [0.2, 0.25) is 0 Å². The fraction of sp³-hybridized carbons (Fsp3) is 0.0588. The van der Waals surface area contributed by atoms with Crippen LogP contribution in [0, 0.1) is 10.1 Å². The van der Waals surface area contributed by atoms with E-state index < -0.39 is 4.92 Å². The van der Waals surface area contributed by atoms with Gasteiger partial charge < -0.3 is 5.32 Å². The van der Waals surface area contributed by atoms with E-state index in [9.17, 15) is 19.7 Å². The maximum absolute atomic E-state index is 12.0. The minimum Gasteiger partial charge on any atom is -0.355 e. The summed E-state index contributed by atoms with van der Waals surface area (Å²) in [6, 6.07) is 12.2. The predicted molar refractivity (Wildman–Crippen MR) is 86.3 cm³/mol. The molecule has 0 aliphatic carbocycles. The summed E-state index contributed by atoms with van der Waals surface area (Å²) in [5.74, 6) is -0.433. The number of allylic oxidation sites excluding steroid dienone is 1. The molecule has 2 aromatic rings. The molecule has 0 aliphatic rings. The molecule has 2 rings (SSSR count). The molecule has 6 heteroatoms. The Bertz CT molecular complexity index is 762. The van der Waals surface area contributed by atoms with Gasteiger partial charge >= 0.3 is 0 Å². The van der Waals surface area contributed by atoms with E-state index in [1.54, 1.807) is 37.4 Å². The molecule has 0 spiro atoms. The molecule has 0 fully saturated rings. The molecule has 0 aromatic heterocycles. The molecule has 1 amide bonds. The number of carbonyl (C=O) groups is 2. The second-order valence-corrected chi connectivity index (χ2v) is 4.70. The van der Waals surface area contributed by atoms with Gasteiger partial charge in [-0.2, -0.15) is 0 Å². The second kappa shape index (κ2) is 7.13. The molecular formula is C17H14N2O4. The Labute approximate surface area is 132 Å². The molecular weight excluding hydrogens is 296 g/mol. The molecule has 0 radical (unpaired) electrons. The van der Waals surface area contributed by atoms with Gasteiger partial charge in [0.1, 0.15) is 0 Å². The number of hydrogen-bond donors (Lipinski definition) is 1. The van der Waals surface area contributed by atoms with Gasteiger partial charge in [0.05, 0.1) is 4.92 Å². The monoisotopic (exact) mass is 310 g/mol. The first-order chi connectivity index (χ1) is 11.0. The summed E-state index contributed by atoms with van der Waals surface area (Å²) in [4.78, 5) is 33.5. The Morgan fingerprint density at radius 1 is 1.00 bits per heavy atom. The van der Waals surface area contributed by atoms with Gasteiger partial charge in [0, 0.05) is 30.3 Å². The highest BCUT2D eigenvalue weighted by molar-refractivity contribution is 6.07. The van der Waals surface area contributed by atoms with Gasteiger partial charge in [-0.3, -0.25) is 19.7 Å². The number of nitro benzene ring substituents is 1. The number of amides is 1. The van der Waals surface area contributed by atoms with Crippen molar-refractivity contribution in [3.05, 3.63) is 81.4 Å². The lowest BCUT2D eigenvalue weighted by molar-refractivity contribution is -0.384. The first-order valence-corrected chi connectivity index (χ1v) is 6.80. The molecule has 116 valence electrons. The van der Waals surface area contributed by atoms with E-state index >= 15 is 0 Å². The van der Waals surface area contributed by atoms with E-state index in [1.807, 2.05) is 0 Å². The number of carbonyl (C=O) groups excluding carboxylic acids is 2. The van der Waals surface area contributed by atoms with Crippen LogP contribution in [0.4, 0.5) is 5.69 Å². The van der Waals surface area contributed by atoms with Crippen LogP contribution >= 0.6 is 0 Å². The SMILES string of the molecule is CNC(=O)c1ccc(C=CC(=O)c2ccc([N+](=O)[O-])cc2)cc1. The van der Waals surface area contributed by atoms with E-state index in [-0.39, 0.29) is 17.4 Å². The minimum absolute atomic E-state index is 0.0599. The fourth-order valence-corrected chi connectivity index (χ4v) is 1.91. The van der Waals surface area contributed by atoms with Gasteiger partial charge in [0.2, 0.25) is 0 Å². The lowest BCUT2D eigenvalue weighted by atomic mass is 10.1. The maximum Gasteiger partial charge on any atom is 0.269 e. The number of nitrogens with one attached hydrogen (secondary N) is 1. The summed E-state index contributed by atoms with van der Waals surface area (Å²) < 4.78 is 0. The van der Waals surface area contributed by atoms with Crippen LogP contribution in [0.3, 0.4) is 0 Å². The Kier molecular flexibility index (Phi) is 4.99. The molecule has 2 aromatic carbocycles. The number of non-ortho nitro benzene ring substituents is 1. The Hall–Kier alpha value is -3.28. The normalized spacial score (nSPS) is 10.5. The zero-order chi connectivity index (χ0) is 16.8. The molecule has 0 unspecified atom stereocenters. The molecule has 23 heavy (non-hydrogen) atoms. The smallest absolute Gasteiger partial charge is 0.269 e.